The fourth-order valence-electron chi connectivity index (χ4n) is 3.27. The first-order chi connectivity index (χ1) is 6.88. The molecule has 0 aromatic heterocycles. The normalized spacial score (nSPS) is 41.4. The highest BCUT2D eigenvalue weighted by Crippen LogP contribution is 2.63. The predicted octanol–water partition coefficient (Wildman–Crippen LogP) is 2.59. The molecule has 3 heteroatoms. The largest absolute Gasteiger partial charge is 0.494 e. The summed E-state index contributed by atoms with van der Waals surface area (Å²) in [6, 6.07) is 0. The van der Waals surface area contributed by atoms with E-state index in [1.54, 1.807) is 0 Å². The second-order valence-corrected chi connectivity index (χ2v) is 5.62. The van der Waals surface area contributed by atoms with E-state index in [2.05, 4.69) is 25.8 Å². The van der Waals surface area contributed by atoms with Gasteiger partial charge in [0, 0.05) is 11.1 Å². The smallest absolute Gasteiger partial charge is 0.200 e. The minimum absolute atomic E-state index is 0.198. The summed E-state index contributed by atoms with van der Waals surface area (Å²) in [7, 11) is 0. The van der Waals surface area contributed by atoms with Gasteiger partial charge in [0.1, 0.15) is 0 Å². The molecular weight excluding hydrogens is 188 g/mol. The number of nitrogens with two attached hydrogens (primary N) is 1. The van der Waals surface area contributed by atoms with Crippen LogP contribution < -0.4 is 5.73 Å². The van der Waals surface area contributed by atoms with Crippen molar-refractivity contribution >= 4 is 5.71 Å². The first kappa shape index (κ1) is 10.5. The molecule has 0 radical (unpaired) electrons. The highest BCUT2D eigenvalue weighted by molar-refractivity contribution is 5.94. The number of hydrogen-bond donors (Lipinski definition) is 2. The second kappa shape index (κ2) is 3.00. The zero-order valence-electron chi connectivity index (χ0n) is 9.75. The van der Waals surface area contributed by atoms with Crippen LogP contribution in [0.15, 0.2) is 17.1 Å². The highest BCUT2D eigenvalue weighted by atomic mass is 16.3. The molecule has 2 saturated carbocycles. The van der Waals surface area contributed by atoms with Gasteiger partial charge in [-0.05, 0) is 30.6 Å². The highest BCUT2D eigenvalue weighted by Gasteiger charge is 2.59. The van der Waals surface area contributed by atoms with Crippen molar-refractivity contribution in [1.29, 1.82) is 0 Å². The molecule has 3 N–H and O–H groups in total. The van der Waals surface area contributed by atoms with Crippen LogP contribution in [0.5, 0.6) is 0 Å². The summed E-state index contributed by atoms with van der Waals surface area (Å²) >= 11 is 0. The first-order valence-corrected chi connectivity index (χ1v) is 5.60. The average Bonchev–Trinajstić information content (AvgIpc) is 2.46. The Morgan fingerprint density at radius 3 is 2.60 bits per heavy atom. The number of rotatable bonds is 1. The molecule has 15 heavy (non-hydrogen) atoms. The third-order valence-corrected chi connectivity index (χ3v) is 4.86. The maximum Gasteiger partial charge on any atom is 0.200 e. The van der Waals surface area contributed by atoms with Crippen LogP contribution in [-0.4, -0.2) is 10.8 Å². The van der Waals surface area contributed by atoms with Crippen LogP contribution in [0.2, 0.25) is 0 Å². The molecule has 3 nitrogen and oxygen atoms in total. The van der Waals surface area contributed by atoms with E-state index in [9.17, 15) is 0 Å². The zero-order valence-corrected chi connectivity index (χ0v) is 9.75. The van der Waals surface area contributed by atoms with Crippen LogP contribution in [0, 0.1) is 16.7 Å². The Hall–Kier alpha value is -0.990. The van der Waals surface area contributed by atoms with Crippen molar-refractivity contribution in [1.82, 2.24) is 0 Å². The van der Waals surface area contributed by atoms with E-state index in [0.717, 1.165) is 12.3 Å². The van der Waals surface area contributed by atoms with Gasteiger partial charge in [-0.25, -0.2) is 0 Å². The van der Waals surface area contributed by atoms with E-state index in [1.165, 1.54) is 24.8 Å². The van der Waals surface area contributed by atoms with Crippen LogP contribution in [0.25, 0.3) is 0 Å². The van der Waals surface area contributed by atoms with Crippen molar-refractivity contribution in [3.05, 3.63) is 12.1 Å². The van der Waals surface area contributed by atoms with Gasteiger partial charge < -0.3 is 10.8 Å². The molecule has 2 bridgehead atoms. The summed E-state index contributed by atoms with van der Waals surface area (Å²) in [5, 5.41) is 8.93. The number of aliphatic imine (C=N–C) groups is 1. The van der Waals surface area contributed by atoms with E-state index < -0.39 is 0 Å². The van der Waals surface area contributed by atoms with Gasteiger partial charge >= 0.3 is 0 Å². The van der Waals surface area contributed by atoms with Crippen molar-refractivity contribution in [3.63, 3.8) is 0 Å². The quantitative estimate of drug-likeness (QED) is 0.651. The number of aliphatic hydroxyl groups is 1. The van der Waals surface area contributed by atoms with Crippen LogP contribution in [0.4, 0.5) is 0 Å². The molecule has 0 unspecified atom stereocenters. The van der Waals surface area contributed by atoms with Crippen molar-refractivity contribution in [3.8, 4) is 0 Å². The number of hydrogen-bond acceptors (Lipinski definition) is 3. The van der Waals surface area contributed by atoms with Gasteiger partial charge in [-0.2, -0.15) is 0 Å². The molecule has 2 aliphatic rings. The Morgan fingerprint density at radius 1 is 1.53 bits per heavy atom. The standard InChI is InChI=1S/C12H20N2O/c1-11(2)8-4-5-12(11,3)9(6-8)14-7-10(13)15/h7-8,15H,4-6,13H2,1-3H3/b10-7-,14-9?/t8-,12+/m1/s1. The summed E-state index contributed by atoms with van der Waals surface area (Å²) in [5.41, 5.74) is 6.93. The molecular formula is C12H20N2O. The van der Waals surface area contributed by atoms with E-state index >= 15 is 0 Å². The molecule has 0 aliphatic heterocycles. The second-order valence-electron chi connectivity index (χ2n) is 5.62. The lowest BCUT2D eigenvalue weighted by Crippen LogP contribution is -2.32. The summed E-state index contributed by atoms with van der Waals surface area (Å²) in [4.78, 5) is 4.35. The summed E-state index contributed by atoms with van der Waals surface area (Å²) in [6.45, 7) is 6.96. The van der Waals surface area contributed by atoms with Gasteiger partial charge in [0.15, 0.2) is 5.88 Å². The molecule has 2 aliphatic carbocycles. The molecule has 2 fully saturated rings. The van der Waals surface area contributed by atoms with Crippen LogP contribution in [-0.2, 0) is 0 Å². The average molecular weight is 208 g/mol. The maximum atomic E-state index is 8.93. The fourth-order valence-corrected chi connectivity index (χ4v) is 3.27. The summed E-state index contributed by atoms with van der Waals surface area (Å²) < 4.78 is 0. The van der Waals surface area contributed by atoms with Crippen molar-refractivity contribution < 1.29 is 5.11 Å². The molecule has 2 rings (SSSR count). The van der Waals surface area contributed by atoms with E-state index in [1.807, 2.05) is 0 Å². The van der Waals surface area contributed by atoms with Crippen LogP contribution >= 0.6 is 0 Å². The first-order valence-electron chi connectivity index (χ1n) is 5.60. The maximum absolute atomic E-state index is 8.93. The third kappa shape index (κ3) is 1.29. The molecule has 84 valence electrons. The van der Waals surface area contributed by atoms with E-state index in [4.69, 9.17) is 10.8 Å². The molecule has 0 heterocycles. The zero-order chi connectivity index (χ0) is 11.3. The Kier molecular flexibility index (Phi) is 2.11. The monoisotopic (exact) mass is 208 g/mol. The molecule has 0 aromatic carbocycles. The molecule has 2 atom stereocenters. The fraction of sp³-hybridized carbons (Fsp3) is 0.750. The SMILES string of the molecule is CC1(C)[C@@H]2CC[C@@]1(C)C(=N/C=C(/N)O)C2. The van der Waals surface area contributed by atoms with Gasteiger partial charge in [-0.15, -0.1) is 0 Å². The lowest BCUT2D eigenvalue weighted by atomic mass is 9.70. The Balaban J connectivity index is 2.34. The van der Waals surface area contributed by atoms with Crippen LogP contribution in [0.1, 0.15) is 40.0 Å². The van der Waals surface area contributed by atoms with Gasteiger partial charge in [0.2, 0.25) is 0 Å². The van der Waals surface area contributed by atoms with Gasteiger partial charge in [0.25, 0.3) is 0 Å². The number of fused-ring (bicyclic) bond motifs is 2. The van der Waals surface area contributed by atoms with Crippen molar-refractivity contribution in [2.45, 2.75) is 40.0 Å². The predicted molar refractivity (Wildman–Crippen MR) is 61.6 cm³/mol. The van der Waals surface area contributed by atoms with Gasteiger partial charge in [0.05, 0.1) is 6.20 Å². The molecule has 0 amide bonds. The van der Waals surface area contributed by atoms with Gasteiger partial charge in [-0.3, -0.25) is 4.99 Å². The molecule has 0 saturated heterocycles. The lowest BCUT2D eigenvalue weighted by Gasteiger charge is -2.34. The van der Waals surface area contributed by atoms with Crippen molar-refractivity contribution in [2.24, 2.45) is 27.5 Å². The van der Waals surface area contributed by atoms with Crippen molar-refractivity contribution in [2.75, 3.05) is 0 Å². The Bertz CT molecular complexity index is 340. The minimum Gasteiger partial charge on any atom is -0.494 e. The lowest BCUT2D eigenvalue weighted by molar-refractivity contribution is 0.194. The summed E-state index contributed by atoms with van der Waals surface area (Å²) in [5.74, 6) is 0.543. The van der Waals surface area contributed by atoms with E-state index in [-0.39, 0.29) is 11.3 Å². The Morgan fingerprint density at radius 2 is 2.20 bits per heavy atom. The number of nitrogens with zero attached hydrogens (tertiary/aromatic N) is 1. The third-order valence-electron chi connectivity index (χ3n) is 4.86. The molecule has 0 aromatic rings. The van der Waals surface area contributed by atoms with E-state index in [0.29, 0.717) is 5.41 Å². The van der Waals surface area contributed by atoms with Gasteiger partial charge in [-0.1, -0.05) is 20.8 Å². The van der Waals surface area contributed by atoms with Crippen LogP contribution in [0.3, 0.4) is 0 Å². The molecule has 0 spiro atoms. The summed E-state index contributed by atoms with van der Waals surface area (Å²) in [6.07, 6.45) is 4.95. The minimum atomic E-state index is -0.202. The number of aliphatic hydroxyl groups excluding tert-OH is 1. The topological polar surface area (TPSA) is 58.6 Å². The Labute approximate surface area is 91.1 Å².